The van der Waals surface area contributed by atoms with Crippen LogP contribution < -0.4 is 0 Å². The van der Waals surface area contributed by atoms with Gasteiger partial charge in [0.25, 0.3) is 0 Å². The SMILES string of the molecule is CCCCCCCCCCC(=O)N(CCCOCCOCCOCCO)CCOCCOCCOCCOCCO. The van der Waals surface area contributed by atoms with Crippen molar-refractivity contribution >= 4 is 5.91 Å². The number of carbonyl (C=O) groups is 1. The van der Waals surface area contributed by atoms with Crippen LogP contribution in [0.5, 0.6) is 0 Å². The van der Waals surface area contributed by atoms with Gasteiger partial charge in [-0.2, -0.15) is 0 Å². The lowest BCUT2D eigenvalue weighted by Crippen LogP contribution is -2.35. The van der Waals surface area contributed by atoms with Crippen LogP contribution in [0.25, 0.3) is 0 Å². The normalized spacial score (nSPS) is 11.4. The summed E-state index contributed by atoms with van der Waals surface area (Å²) in [4.78, 5) is 14.8. The number of hydrogen-bond acceptors (Lipinski definition) is 10. The molecular weight excluding hydrogens is 534 g/mol. The van der Waals surface area contributed by atoms with Gasteiger partial charge in [0.1, 0.15) is 0 Å². The molecule has 1 amide bonds. The molecule has 0 aromatic rings. The van der Waals surface area contributed by atoms with Gasteiger partial charge in [-0.15, -0.1) is 0 Å². The minimum Gasteiger partial charge on any atom is -0.394 e. The summed E-state index contributed by atoms with van der Waals surface area (Å²) < 4.78 is 37.9. The van der Waals surface area contributed by atoms with Crippen LogP contribution in [0.15, 0.2) is 0 Å². The molecule has 246 valence electrons. The quantitative estimate of drug-likeness (QED) is 0.106. The molecule has 0 fully saturated rings. The first kappa shape index (κ1) is 40.1. The number of ether oxygens (including phenoxy) is 7. The Balaban J connectivity index is 4.03. The van der Waals surface area contributed by atoms with Crippen molar-refractivity contribution < 1.29 is 48.2 Å². The molecule has 0 saturated heterocycles. The van der Waals surface area contributed by atoms with Gasteiger partial charge in [-0.1, -0.05) is 51.9 Å². The predicted molar refractivity (Wildman–Crippen MR) is 158 cm³/mol. The standard InChI is InChI=1S/C30H61NO10/c1-2-3-4-5-6-7-8-9-11-30(34)31(12-10-16-35-20-24-39-26-22-37-18-14-32)13-17-36-21-25-40-28-29-41-27-23-38-19-15-33/h32-33H,2-29H2,1H3. The monoisotopic (exact) mass is 595 g/mol. The highest BCUT2D eigenvalue weighted by atomic mass is 16.6. The Morgan fingerprint density at radius 2 is 0.854 bits per heavy atom. The van der Waals surface area contributed by atoms with Gasteiger partial charge in [0, 0.05) is 26.1 Å². The first-order valence-electron chi connectivity index (χ1n) is 15.8. The van der Waals surface area contributed by atoms with Crippen LogP contribution in [0.4, 0.5) is 0 Å². The van der Waals surface area contributed by atoms with Crippen molar-refractivity contribution in [2.24, 2.45) is 0 Å². The van der Waals surface area contributed by atoms with E-state index in [-0.39, 0.29) is 19.1 Å². The topological polar surface area (TPSA) is 125 Å². The summed E-state index contributed by atoms with van der Waals surface area (Å²) in [6.07, 6.45) is 11.0. The Morgan fingerprint density at radius 3 is 1.32 bits per heavy atom. The van der Waals surface area contributed by atoms with E-state index in [1.54, 1.807) is 0 Å². The van der Waals surface area contributed by atoms with Crippen molar-refractivity contribution in [3.63, 3.8) is 0 Å². The molecule has 11 heteroatoms. The Morgan fingerprint density at radius 1 is 0.463 bits per heavy atom. The van der Waals surface area contributed by atoms with Gasteiger partial charge in [-0.3, -0.25) is 4.79 Å². The molecule has 0 saturated carbocycles. The minimum absolute atomic E-state index is 0.0170. The van der Waals surface area contributed by atoms with E-state index >= 15 is 0 Å². The van der Waals surface area contributed by atoms with E-state index in [9.17, 15) is 4.79 Å². The maximum atomic E-state index is 12.9. The van der Waals surface area contributed by atoms with Gasteiger partial charge in [0.2, 0.25) is 5.91 Å². The van der Waals surface area contributed by atoms with E-state index in [0.29, 0.717) is 112 Å². The third-order valence-corrected chi connectivity index (χ3v) is 6.15. The molecule has 0 rings (SSSR count). The zero-order chi connectivity index (χ0) is 29.9. The second-order valence-corrected chi connectivity index (χ2v) is 9.69. The third kappa shape index (κ3) is 31.9. The molecule has 0 aliphatic carbocycles. The Bertz CT molecular complexity index is 516. The van der Waals surface area contributed by atoms with Gasteiger partial charge >= 0.3 is 0 Å². The molecule has 0 radical (unpaired) electrons. The second-order valence-electron chi connectivity index (χ2n) is 9.69. The number of carbonyl (C=O) groups excluding carboxylic acids is 1. The smallest absolute Gasteiger partial charge is 0.222 e. The van der Waals surface area contributed by atoms with Gasteiger partial charge in [-0.05, 0) is 12.8 Å². The zero-order valence-corrected chi connectivity index (χ0v) is 25.9. The molecule has 0 aliphatic rings. The van der Waals surface area contributed by atoms with Crippen LogP contribution in [0, 0.1) is 0 Å². The fourth-order valence-electron chi connectivity index (χ4n) is 3.89. The summed E-state index contributed by atoms with van der Waals surface area (Å²) in [5.41, 5.74) is 0. The number of amides is 1. The van der Waals surface area contributed by atoms with Gasteiger partial charge in [-0.25, -0.2) is 0 Å². The number of rotatable bonds is 35. The van der Waals surface area contributed by atoms with Gasteiger partial charge < -0.3 is 48.3 Å². The summed E-state index contributed by atoms with van der Waals surface area (Å²) in [5.74, 6) is 0.183. The fourth-order valence-corrected chi connectivity index (χ4v) is 3.89. The predicted octanol–water partition coefficient (Wildman–Crippen LogP) is 2.84. The maximum absolute atomic E-state index is 12.9. The molecule has 0 aromatic heterocycles. The highest BCUT2D eigenvalue weighted by molar-refractivity contribution is 5.76. The Labute approximate surface area is 249 Å². The molecular formula is C30H61NO10. The van der Waals surface area contributed by atoms with Crippen molar-refractivity contribution in [1.82, 2.24) is 4.90 Å². The van der Waals surface area contributed by atoms with Crippen LogP contribution in [-0.2, 0) is 38.0 Å². The average Bonchev–Trinajstić information content (AvgIpc) is 2.98. The molecule has 0 unspecified atom stereocenters. The van der Waals surface area contributed by atoms with E-state index in [1.807, 2.05) is 4.90 Å². The van der Waals surface area contributed by atoms with Crippen LogP contribution >= 0.6 is 0 Å². The Hall–Kier alpha value is -0.890. The van der Waals surface area contributed by atoms with E-state index in [1.165, 1.54) is 38.5 Å². The first-order chi connectivity index (χ1) is 20.3. The molecule has 0 aliphatic heterocycles. The van der Waals surface area contributed by atoms with Crippen LogP contribution in [-0.4, -0.2) is 140 Å². The van der Waals surface area contributed by atoms with E-state index in [0.717, 1.165) is 19.3 Å². The number of aliphatic hydroxyl groups is 2. The maximum Gasteiger partial charge on any atom is 0.222 e. The van der Waals surface area contributed by atoms with Crippen molar-refractivity contribution in [1.29, 1.82) is 0 Å². The van der Waals surface area contributed by atoms with Crippen LogP contribution in [0.1, 0.15) is 71.1 Å². The first-order valence-corrected chi connectivity index (χ1v) is 15.8. The summed E-state index contributed by atoms with van der Waals surface area (Å²) >= 11 is 0. The van der Waals surface area contributed by atoms with Crippen molar-refractivity contribution in [2.45, 2.75) is 71.1 Å². The summed E-state index contributed by atoms with van der Waals surface area (Å²) in [5, 5.41) is 17.3. The molecule has 0 aromatic carbocycles. The van der Waals surface area contributed by atoms with Crippen LogP contribution in [0.3, 0.4) is 0 Å². The summed E-state index contributed by atoms with van der Waals surface area (Å²) in [6.45, 7) is 9.92. The summed E-state index contributed by atoms with van der Waals surface area (Å²) in [6, 6.07) is 0. The number of unbranched alkanes of at least 4 members (excludes halogenated alkanes) is 7. The third-order valence-electron chi connectivity index (χ3n) is 6.15. The van der Waals surface area contributed by atoms with Gasteiger partial charge in [0.15, 0.2) is 0 Å². The fraction of sp³-hybridized carbons (Fsp3) is 0.967. The number of hydrogen-bond donors (Lipinski definition) is 2. The number of aliphatic hydroxyl groups excluding tert-OH is 2. The molecule has 0 atom stereocenters. The lowest BCUT2D eigenvalue weighted by Gasteiger charge is -2.23. The second kappa shape index (κ2) is 35.3. The Kier molecular flexibility index (Phi) is 34.5. The highest BCUT2D eigenvalue weighted by Crippen LogP contribution is 2.11. The largest absolute Gasteiger partial charge is 0.394 e. The minimum atomic E-state index is 0.0170. The molecule has 41 heavy (non-hydrogen) atoms. The van der Waals surface area contributed by atoms with Gasteiger partial charge in [0.05, 0.1) is 99.1 Å². The average molecular weight is 596 g/mol. The van der Waals surface area contributed by atoms with Crippen molar-refractivity contribution in [2.75, 3.05) is 119 Å². The van der Waals surface area contributed by atoms with E-state index < -0.39 is 0 Å². The molecule has 0 spiro atoms. The van der Waals surface area contributed by atoms with Crippen molar-refractivity contribution in [3.8, 4) is 0 Å². The summed E-state index contributed by atoms with van der Waals surface area (Å²) in [7, 11) is 0. The van der Waals surface area contributed by atoms with E-state index in [4.69, 9.17) is 43.4 Å². The molecule has 0 bridgehead atoms. The molecule has 0 heterocycles. The zero-order valence-electron chi connectivity index (χ0n) is 25.9. The highest BCUT2D eigenvalue weighted by Gasteiger charge is 2.13. The molecule has 2 N–H and O–H groups in total. The van der Waals surface area contributed by atoms with E-state index in [2.05, 4.69) is 6.92 Å². The number of nitrogens with zero attached hydrogens (tertiary/aromatic N) is 1. The molecule has 11 nitrogen and oxygen atoms in total. The van der Waals surface area contributed by atoms with Crippen LogP contribution in [0.2, 0.25) is 0 Å². The lowest BCUT2D eigenvalue weighted by molar-refractivity contribution is -0.132. The van der Waals surface area contributed by atoms with Crippen molar-refractivity contribution in [3.05, 3.63) is 0 Å². The lowest BCUT2D eigenvalue weighted by atomic mass is 10.1.